The Kier molecular flexibility index (Phi) is 7.38. The standard InChI is InChI=1S/C24H24N6O3S/c1-16-4-3-5-18(14-16)26-22(31)15-34-23-11-10-20-27-28-21(30(20)29-23)12-13-25-24(32)17-6-8-19(33-2)9-7-17/h3-11,14H,12-13,15H2,1-2H3,(H,25,32)(H,26,31). The lowest BCUT2D eigenvalue weighted by Crippen LogP contribution is -2.26. The number of thioether (sulfide) groups is 1. The van der Waals surface area contributed by atoms with E-state index < -0.39 is 0 Å². The van der Waals surface area contributed by atoms with E-state index in [9.17, 15) is 9.59 Å². The number of hydrogen-bond acceptors (Lipinski definition) is 7. The second kappa shape index (κ2) is 10.8. The van der Waals surface area contributed by atoms with Crippen LogP contribution in [0.2, 0.25) is 0 Å². The summed E-state index contributed by atoms with van der Waals surface area (Å²) >= 11 is 1.33. The van der Waals surface area contributed by atoms with Crippen LogP contribution < -0.4 is 15.4 Å². The SMILES string of the molecule is COc1ccc(C(=O)NCCc2nnc3ccc(SCC(=O)Nc4cccc(C)c4)nn23)cc1. The average Bonchev–Trinajstić information content (AvgIpc) is 3.25. The molecule has 0 aliphatic heterocycles. The quantitative estimate of drug-likeness (QED) is 0.357. The maximum atomic E-state index is 12.3. The van der Waals surface area contributed by atoms with E-state index >= 15 is 0 Å². The van der Waals surface area contributed by atoms with E-state index in [1.54, 1.807) is 42.0 Å². The molecule has 2 aromatic carbocycles. The van der Waals surface area contributed by atoms with Crippen molar-refractivity contribution in [1.29, 1.82) is 0 Å². The first kappa shape index (κ1) is 23.2. The summed E-state index contributed by atoms with van der Waals surface area (Å²) in [6, 6.07) is 18.2. The topological polar surface area (TPSA) is 111 Å². The Labute approximate surface area is 200 Å². The fourth-order valence-electron chi connectivity index (χ4n) is 3.24. The van der Waals surface area contributed by atoms with Crippen molar-refractivity contribution >= 4 is 34.9 Å². The third kappa shape index (κ3) is 5.90. The fourth-order valence-corrected chi connectivity index (χ4v) is 3.90. The molecule has 2 amide bonds. The van der Waals surface area contributed by atoms with Gasteiger partial charge in [-0.3, -0.25) is 9.59 Å². The summed E-state index contributed by atoms with van der Waals surface area (Å²) in [6.07, 6.45) is 0.456. The largest absolute Gasteiger partial charge is 0.497 e. The van der Waals surface area contributed by atoms with Gasteiger partial charge in [-0.1, -0.05) is 23.9 Å². The highest BCUT2D eigenvalue weighted by molar-refractivity contribution is 7.99. The molecule has 0 saturated carbocycles. The summed E-state index contributed by atoms with van der Waals surface area (Å²) in [5, 5.41) is 19.3. The highest BCUT2D eigenvalue weighted by Crippen LogP contribution is 2.17. The lowest BCUT2D eigenvalue weighted by atomic mass is 10.2. The number of benzene rings is 2. The highest BCUT2D eigenvalue weighted by atomic mass is 32.2. The van der Waals surface area contributed by atoms with Gasteiger partial charge >= 0.3 is 0 Å². The first-order valence-electron chi connectivity index (χ1n) is 10.6. The zero-order valence-corrected chi connectivity index (χ0v) is 19.6. The van der Waals surface area contributed by atoms with Crippen LogP contribution in [-0.2, 0) is 11.2 Å². The van der Waals surface area contributed by atoms with E-state index in [0.717, 1.165) is 11.3 Å². The van der Waals surface area contributed by atoms with Gasteiger partial charge in [-0.15, -0.1) is 10.2 Å². The number of fused-ring (bicyclic) bond motifs is 1. The third-order valence-electron chi connectivity index (χ3n) is 4.94. The molecule has 0 spiro atoms. The summed E-state index contributed by atoms with van der Waals surface area (Å²) in [5.74, 6) is 1.25. The van der Waals surface area contributed by atoms with E-state index in [0.29, 0.717) is 40.8 Å². The Morgan fingerprint density at radius 1 is 1.06 bits per heavy atom. The smallest absolute Gasteiger partial charge is 0.251 e. The minimum absolute atomic E-state index is 0.109. The van der Waals surface area contributed by atoms with Gasteiger partial charge in [0.1, 0.15) is 10.8 Å². The minimum Gasteiger partial charge on any atom is -0.497 e. The van der Waals surface area contributed by atoms with Gasteiger partial charge in [0.05, 0.1) is 12.9 Å². The molecule has 0 radical (unpaired) electrons. The van der Waals surface area contributed by atoms with Crippen LogP contribution in [0.15, 0.2) is 65.7 Å². The summed E-state index contributed by atoms with van der Waals surface area (Å²) in [5.41, 5.74) is 3.00. The molecule has 34 heavy (non-hydrogen) atoms. The molecule has 0 bridgehead atoms. The van der Waals surface area contributed by atoms with Crippen molar-refractivity contribution in [3.8, 4) is 5.75 Å². The van der Waals surface area contributed by atoms with E-state index in [-0.39, 0.29) is 17.6 Å². The number of amides is 2. The zero-order valence-electron chi connectivity index (χ0n) is 18.8. The molecule has 4 aromatic rings. The van der Waals surface area contributed by atoms with Gasteiger partial charge in [0.2, 0.25) is 5.91 Å². The van der Waals surface area contributed by atoms with Gasteiger partial charge in [-0.2, -0.15) is 9.61 Å². The molecule has 2 aromatic heterocycles. The maximum Gasteiger partial charge on any atom is 0.251 e. The van der Waals surface area contributed by atoms with Gasteiger partial charge in [0.25, 0.3) is 5.91 Å². The number of ether oxygens (including phenoxy) is 1. The number of aromatic nitrogens is 4. The van der Waals surface area contributed by atoms with E-state index in [4.69, 9.17) is 4.74 Å². The number of carbonyl (C=O) groups excluding carboxylic acids is 2. The molecule has 0 aliphatic rings. The van der Waals surface area contributed by atoms with Crippen LogP contribution in [0.5, 0.6) is 5.75 Å². The van der Waals surface area contributed by atoms with Crippen LogP contribution in [0.1, 0.15) is 21.7 Å². The number of nitrogens with one attached hydrogen (secondary N) is 2. The van der Waals surface area contributed by atoms with Gasteiger partial charge in [-0.25, -0.2) is 0 Å². The maximum absolute atomic E-state index is 12.3. The summed E-state index contributed by atoms with van der Waals surface area (Å²) in [4.78, 5) is 24.6. The van der Waals surface area contributed by atoms with Gasteiger partial charge < -0.3 is 15.4 Å². The van der Waals surface area contributed by atoms with Crippen molar-refractivity contribution in [1.82, 2.24) is 25.1 Å². The van der Waals surface area contributed by atoms with E-state index in [1.165, 1.54) is 11.8 Å². The van der Waals surface area contributed by atoms with Crippen molar-refractivity contribution < 1.29 is 14.3 Å². The number of hydrogen-bond donors (Lipinski definition) is 2. The molecule has 4 rings (SSSR count). The highest BCUT2D eigenvalue weighted by Gasteiger charge is 2.11. The Morgan fingerprint density at radius 2 is 1.88 bits per heavy atom. The molecule has 2 heterocycles. The molecule has 0 fully saturated rings. The predicted molar refractivity (Wildman–Crippen MR) is 130 cm³/mol. The zero-order chi connectivity index (χ0) is 23.9. The van der Waals surface area contributed by atoms with Crippen molar-refractivity contribution in [3.63, 3.8) is 0 Å². The van der Waals surface area contributed by atoms with Crippen LogP contribution in [0.4, 0.5) is 5.69 Å². The van der Waals surface area contributed by atoms with Crippen molar-refractivity contribution in [3.05, 3.63) is 77.6 Å². The lowest BCUT2D eigenvalue weighted by molar-refractivity contribution is -0.113. The van der Waals surface area contributed by atoms with Crippen LogP contribution in [0.3, 0.4) is 0 Å². The summed E-state index contributed by atoms with van der Waals surface area (Å²) < 4.78 is 6.75. The number of nitrogens with zero attached hydrogens (tertiary/aromatic N) is 4. The Bertz CT molecular complexity index is 1310. The molecule has 2 N–H and O–H groups in total. The van der Waals surface area contributed by atoms with E-state index in [2.05, 4.69) is 25.9 Å². The normalized spacial score (nSPS) is 10.8. The molecule has 0 aliphatic carbocycles. The molecule has 0 saturated heterocycles. The molecule has 0 atom stereocenters. The van der Waals surface area contributed by atoms with Crippen molar-refractivity contribution in [2.75, 3.05) is 24.7 Å². The lowest BCUT2D eigenvalue weighted by Gasteiger charge is -2.07. The van der Waals surface area contributed by atoms with Gasteiger partial charge in [-0.05, 0) is 61.0 Å². The van der Waals surface area contributed by atoms with Gasteiger partial charge in [0, 0.05) is 24.2 Å². The second-order valence-electron chi connectivity index (χ2n) is 7.50. The van der Waals surface area contributed by atoms with Crippen LogP contribution in [-0.4, -0.2) is 51.0 Å². The number of rotatable bonds is 9. The van der Waals surface area contributed by atoms with Gasteiger partial charge in [0.15, 0.2) is 11.5 Å². The second-order valence-corrected chi connectivity index (χ2v) is 8.49. The van der Waals surface area contributed by atoms with Crippen LogP contribution >= 0.6 is 11.8 Å². The Hall–Kier alpha value is -3.92. The molecule has 10 heteroatoms. The number of methoxy groups -OCH3 is 1. The molecule has 0 unspecified atom stereocenters. The first-order valence-corrected chi connectivity index (χ1v) is 11.6. The Morgan fingerprint density at radius 3 is 2.65 bits per heavy atom. The van der Waals surface area contributed by atoms with Crippen LogP contribution in [0, 0.1) is 6.92 Å². The third-order valence-corrected chi connectivity index (χ3v) is 5.86. The Balaban J connectivity index is 1.32. The van der Waals surface area contributed by atoms with E-state index in [1.807, 2.05) is 37.3 Å². The van der Waals surface area contributed by atoms with Crippen molar-refractivity contribution in [2.24, 2.45) is 0 Å². The predicted octanol–water partition coefficient (Wildman–Crippen LogP) is 3.14. The minimum atomic E-state index is -0.180. The molecule has 174 valence electrons. The summed E-state index contributed by atoms with van der Waals surface area (Å²) in [7, 11) is 1.58. The van der Waals surface area contributed by atoms with Crippen LogP contribution in [0.25, 0.3) is 5.65 Å². The molecular weight excluding hydrogens is 452 g/mol. The number of anilines is 1. The first-order chi connectivity index (χ1) is 16.5. The average molecular weight is 477 g/mol. The fraction of sp³-hybridized carbons (Fsp3) is 0.208. The monoisotopic (exact) mass is 476 g/mol. The summed E-state index contributed by atoms with van der Waals surface area (Å²) in [6.45, 7) is 2.36. The molecule has 9 nitrogen and oxygen atoms in total. The molecular formula is C24H24N6O3S. The number of carbonyl (C=O) groups is 2. The van der Waals surface area contributed by atoms with Crippen molar-refractivity contribution in [2.45, 2.75) is 18.4 Å². The number of aryl methyl sites for hydroxylation is 1.